The fourth-order valence-corrected chi connectivity index (χ4v) is 2.00. The van der Waals surface area contributed by atoms with Crippen LogP contribution in [-0.2, 0) is 13.0 Å². The van der Waals surface area contributed by atoms with Gasteiger partial charge in [-0.3, -0.25) is 0 Å². The van der Waals surface area contributed by atoms with Crippen molar-refractivity contribution in [3.8, 4) is 5.75 Å². The molecular formula is C16H16ClNO. The molecule has 0 fully saturated rings. The topological polar surface area (TPSA) is 32.3 Å². The van der Waals surface area contributed by atoms with Gasteiger partial charge in [0.1, 0.15) is 5.75 Å². The maximum Gasteiger partial charge on any atom is 0.124 e. The molecule has 0 unspecified atom stereocenters. The summed E-state index contributed by atoms with van der Waals surface area (Å²) in [6.07, 6.45) is 2.45. The van der Waals surface area contributed by atoms with Gasteiger partial charge in [-0.15, -0.1) is 6.58 Å². The Morgan fingerprint density at radius 2 is 1.79 bits per heavy atom. The zero-order valence-corrected chi connectivity index (χ0v) is 11.3. The van der Waals surface area contributed by atoms with Crippen LogP contribution in [0.5, 0.6) is 5.75 Å². The number of halogens is 1. The van der Waals surface area contributed by atoms with Gasteiger partial charge >= 0.3 is 0 Å². The van der Waals surface area contributed by atoms with Crippen LogP contribution in [0.2, 0.25) is 5.02 Å². The molecule has 2 rings (SSSR count). The molecule has 0 saturated heterocycles. The van der Waals surface area contributed by atoms with Gasteiger partial charge in [0.05, 0.1) is 0 Å². The third-order valence-electron chi connectivity index (χ3n) is 2.89. The monoisotopic (exact) mass is 273 g/mol. The summed E-state index contributed by atoms with van der Waals surface area (Å²) in [4.78, 5) is 0. The lowest BCUT2D eigenvalue weighted by atomic mass is 10.1. The van der Waals surface area contributed by atoms with Gasteiger partial charge < -0.3 is 10.4 Å². The Bertz CT molecular complexity index is 563. The number of allylic oxidation sites excluding steroid dienone is 1. The molecule has 0 heterocycles. The Hall–Kier alpha value is -1.93. The van der Waals surface area contributed by atoms with Crippen molar-refractivity contribution in [3.63, 3.8) is 0 Å². The van der Waals surface area contributed by atoms with Crippen LogP contribution in [-0.4, -0.2) is 5.11 Å². The Balaban J connectivity index is 2.09. The molecule has 0 saturated carbocycles. The summed E-state index contributed by atoms with van der Waals surface area (Å²) >= 11 is 5.83. The molecule has 0 aliphatic heterocycles. The smallest absolute Gasteiger partial charge is 0.124 e. The fourth-order valence-electron chi connectivity index (χ4n) is 1.87. The number of anilines is 1. The first-order valence-electron chi connectivity index (χ1n) is 6.11. The Morgan fingerprint density at radius 3 is 2.47 bits per heavy atom. The number of rotatable bonds is 5. The second-order valence-electron chi connectivity index (χ2n) is 4.28. The highest BCUT2D eigenvalue weighted by molar-refractivity contribution is 6.30. The minimum atomic E-state index is 0.337. The minimum absolute atomic E-state index is 0.337. The number of phenolic OH excluding ortho intramolecular Hbond substituents is 1. The van der Waals surface area contributed by atoms with Crippen LogP contribution in [0, 0.1) is 0 Å². The molecule has 0 spiro atoms. The van der Waals surface area contributed by atoms with Crippen molar-refractivity contribution < 1.29 is 5.11 Å². The van der Waals surface area contributed by atoms with Crippen molar-refractivity contribution in [2.75, 3.05) is 5.32 Å². The van der Waals surface area contributed by atoms with E-state index in [1.165, 1.54) is 0 Å². The SMILES string of the molecule is C=CCc1cccc(CNc2ccc(Cl)cc2)c1O. The van der Waals surface area contributed by atoms with Crippen molar-refractivity contribution in [3.05, 3.63) is 71.3 Å². The minimum Gasteiger partial charge on any atom is -0.507 e. The van der Waals surface area contributed by atoms with Crippen LogP contribution in [0.1, 0.15) is 11.1 Å². The lowest BCUT2D eigenvalue weighted by Crippen LogP contribution is -2.00. The van der Waals surface area contributed by atoms with Gasteiger partial charge in [0.2, 0.25) is 0 Å². The maximum atomic E-state index is 10.1. The highest BCUT2D eigenvalue weighted by Gasteiger charge is 2.05. The summed E-state index contributed by atoms with van der Waals surface area (Å²) in [5.41, 5.74) is 2.73. The molecule has 2 nitrogen and oxygen atoms in total. The van der Waals surface area contributed by atoms with Gasteiger partial charge in [-0.2, -0.15) is 0 Å². The molecule has 0 aliphatic carbocycles. The highest BCUT2D eigenvalue weighted by atomic mass is 35.5. The molecule has 0 aliphatic rings. The molecule has 0 radical (unpaired) electrons. The lowest BCUT2D eigenvalue weighted by Gasteiger charge is -2.10. The predicted octanol–water partition coefficient (Wildman–Crippen LogP) is 4.39. The van der Waals surface area contributed by atoms with Crippen LogP contribution in [0.3, 0.4) is 0 Å². The number of hydrogen-bond acceptors (Lipinski definition) is 2. The van der Waals surface area contributed by atoms with Crippen molar-refractivity contribution >= 4 is 17.3 Å². The highest BCUT2D eigenvalue weighted by Crippen LogP contribution is 2.24. The van der Waals surface area contributed by atoms with Crippen molar-refractivity contribution in [1.29, 1.82) is 0 Å². The molecular weight excluding hydrogens is 258 g/mol. The molecule has 3 heteroatoms. The van der Waals surface area contributed by atoms with E-state index in [0.717, 1.165) is 16.8 Å². The molecule has 0 atom stereocenters. The predicted molar refractivity (Wildman–Crippen MR) is 80.8 cm³/mol. The second kappa shape index (κ2) is 6.30. The Morgan fingerprint density at radius 1 is 1.11 bits per heavy atom. The van der Waals surface area contributed by atoms with Gasteiger partial charge in [-0.1, -0.05) is 35.9 Å². The number of aromatic hydroxyl groups is 1. The lowest BCUT2D eigenvalue weighted by molar-refractivity contribution is 0.463. The van der Waals surface area contributed by atoms with E-state index < -0.39 is 0 Å². The normalized spacial score (nSPS) is 10.2. The van der Waals surface area contributed by atoms with Gasteiger partial charge in [0.25, 0.3) is 0 Å². The first-order valence-corrected chi connectivity index (χ1v) is 6.48. The van der Waals surface area contributed by atoms with Crippen LogP contribution >= 0.6 is 11.6 Å². The number of nitrogens with one attached hydrogen (secondary N) is 1. The van der Waals surface area contributed by atoms with Gasteiger partial charge in [0, 0.05) is 22.8 Å². The van der Waals surface area contributed by atoms with E-state index in [0.29, 0.717) is 23.7 Å². The standard InChI is InChI=1S/C16H16ClNO/c1-2-4-12-5-3-6-13(16(12)19)11-18-15-9-7-14(17)8-10-15/h2-3,5-10,18-19H,1,4,11H2. The van der Waals surface area contributed by atoms with Gasteiger partial charge in [-0.25, -0.2) is 0 Å². The van der Waals surface area contributed by atoms with Crippen LogP contribution in [0.15, 0.2) is 55.1 Å². The van der Waals surface area contributed by atoms with E-state index in [2.05, 4.69) is 11.9 Å². The number of hydrogen-bond donors (Lipinski definition) is 2. The third kappa shape index (κ3) is 3.52. The molecule has 0 bridgehead atoms. The number of para-hydroxylation sites is 1. The van der Waals surface area contributed by atoms with Crippen LogP contribution in [0.4, 0.5) is 5.69 Å². The van der Waals surface area contributed by atoms with Gasteiger partial charge in [-0.05, 0) is 36.2 Å². The van der Waals surface area contributed by atoms with Crippen LogP contribution < -0.4 is 5.32 Å². The summed E-state index contributed by atoms with van der Waals surface area (Å²) in [5.74, 6) is 0.337. The molecule has 2 aromatic carbocycles. The second-order valence-corrected chi connectivity index (χ2v) is 4.71. The van der Waals surface area contributed by atoms with Crippen LogP contribution in [0.25, 0.3) is 0 Å². The first-order chi connectivity index (χ1) is 9.20. The average Bonchev–Trinajstić information content (AvgIpc) is 2.42. The molecule has 0 aromatic heterocycles. The quantitative estimate of drug-likeness (QED) is 0.792. The molecule has 2 N–H and O–H groups in total. The van der Waals surface area contributed by atoms with E-state index in [4.69, 9.17) is 11.6 Å². The Kier molecular flexibility index (Phi) is 4.48. The van der Waals surface area contributed by atoms with Gasteiger partial charge in [0.15, 0.2) is 0 Å². The zero-order valence-electron chi connectivity index (χ0n) is 10.6. The van der Waals surface area contributed by atoms with Crippen molar-refractivity contribution in [1.82, 2.24) is 0 Å². The maximum absolute atomic E-state index is 10.1. The number of phenols is 1. The first kappa shape index (κ1) is 13.5. The largest absolute Gasteiger partial charge is 0.507 e. The molecule has 98 valence electrons. The van der Waals surface area contributed by atoms with E-state index >= 15 is 0 Å². The van der Waals surface area contributed by atoms with Crippen molar-refractivity contribution in [2.45, 2.75) is 13.0 Å². The average molecular weight is 274 g/mol. The number of benzene rings is 2. The zero-order chi connectivity index (χ0) is 13.7. The van der Waals surface area contributed by atoms with E-state index in [1.807, 2.05) is 42.5 Å². The summed E-state index contributed by atoms with van der Waals surface area (Å²) in [5, 5.41) is 14.1. The fraction of sp³-hybridized carbons (Fsp3) is 0.125. The summed E-state index contributed by atoms with van der Waals surface area (Å²) in [7, 11) is 0. The van der Waals surface area contributed by atoms with E-state index in [9.17, 15) is 5.11 Å². The molecule has 19 heavy (non-hydrogen) atoms. The Labute approximate surface area is 118 Å². The summed E-state index contributed by atoms with van der Waals surface area (Å²) in [6, 6.07) is 13.2. The summed E-state index contributed by atoms with van der Waals surface area (Å²) in [6.45, 7) is 4.26. The summed E-state index contributed by atoms with van der Waals surface area (Å²) < 4.78 is 0. The van der Waals surface area contributed by atoms with E-state index in [1.54, 1.807) is 6.08 Å². The van der Waals surface area contributed by atoms with E-state index in [-0.39, 0.29) is 0 Å². The van der Waals surface area contributed by atoms with Crippen molar-refractivity contribution in [2.24, 2.45) is 0 Å². The molecule has 2 aromatic rings. The molecule has 0 amide bonds. The third-order valence-corrected chi connectivity index (χ3v) is 3.15.